The predicted molar refractivity (Wildman–Crippen MR) is 116 cm³/mol. The zero-order valence-electron chi connectivity index (χ0n) is 15.3. The molecule has 2 heterocycles. The summed E-state index contributed by atoms with van der Waals surface area (Å²) in [5.74, 6) is 2.80. The molecule has 1 aromatic heterocycles. The van der Waals surface area contributed by atoms with Crippen LogP contribution < -0.4 is 5.32 Å². The van der Waals surface area contributed by atoms with Gasteiger partial charge in [0.05, 0.1) is 5.69 Å². The minimum absolute atomic E-state index is 0. The molecule has 26 heavy (non-hydrogen) atoms. The molecule has 1 aliphatic heterocycles. The van der Waals surface area contributed by atoms with Gasteiger partial charge in [0.1, 0.15) is 0 Å². The van der Waals surface area contributed by atoms with Gasteiger partial charge in [-0.15, -0.1) is 24.0 Å². The first kappa shape index (κ1) is 19.2. The molecule has 4 rings (SSSR count). The molecule has 5 nitrogen and oxygen atoms in total. The standard InChI is InChI=1S/C20H27N5.HI/c1-21-20(24-14-17-5-2-3-6-18(17)15-24)22-13-16-7-9-19(10-8-16)25-12-4-11-23-25;/h4,7-12,17-18H,2-3,5-6,13-15H2,1H3,(H,21,22);1H. The number of nitrogens with zero attached hydrogens (tertiary/aromatic N) is 4. The first-order valence-corrected chi connectivity index (χ1v) is 9.38. The molecule has 1 saturated heterocycles. The number of fused-ring (bicyclic) bond motifs is 1. The molecule has 0 spiro atoms. The highest BCUT2D eigenvalue weighted by molar-refractivity contribution is 14.0. The summed E-state index contributed by atoms with van der Waals surface area (Å²) < 4.78 is 1.88. The lowest BCUT2D eigenvalue weighted by Gasteiger charge is -2.22. The van der Waals surface area contributed by atoms with Crippen LogP contribution in [0.2, 0.25) is 0 Å². The maximum Gasteiger partial charge on any atom is 0.193 e. The highest BCUT2D eigenvalue weighted by Gasteiger charge is 2.35. The van der Waals surface area contributed by atoms with Gasteiger partial charge in [0.2, 0.25) is 0 Å². The van der Waals surface area contributed by atoms with Gasteiger partial charge in [-0.25, -0.2) is 4.68 Å². The van der Waals surface area contributed by atoms with Crippen LogP contribution >= 0.6 is 24.0 Å². The van der Waals surface area contributed by atoms with Crippen molar-refractivity contribution < 1.29 is 0 Å². The first-order chi connectivity index (χ1) is 12.3. The average molecular weight is 465 g/mol. The Morgan fingerprint density at radius 2 is 1.85 bits per heavy atom. The number of hydrogen-bond acceptors (Lipinski definition) is 2. The second-order valence-electron chi connectivity index (χ2n) is 7.23. The number of likely N-dealkylation sites (tertiary alicyclic amines) is 1. The Balaban J connectivity index is 0.00000196. The molecule has 1 saturated carbocycles. The molecule has 1 aromatic carbocycles. The number of benzene rings is 1. The van der Waals surface area contributed by atoms with E-state index in [1.165, 1.54) is 44.3 Å². The van der Waals surface area contributed by atoms with Crippen LogP contribution in [0.1, 0.15) is 31.2 Å². The van der Waals surface area contributed by atoms with Gasteiger partial charge in [0, 0.05) is 39.1 Å². The minimum atomic E-state index is 0. The number of aromatic nitrogens is 2. The van der Waals surface area contributed by atoms with Crippen LogP contribution in [0.3, 0.4) is 0 Å². The lowest BCUT2D eigenvalue weighted by Crippen LogP contribution is -2.39. The van der Waals surface area contributed by atoms with E-state index in [2.05, 4.69) is 44.6 Å². The molecule has 0 radical (unpaired) electrons. The molecule has 2 atom stereocenters. The molecule has 0 bridgehead atoms. The Bertz CT molecular complexity index is 696. The largest absolute Gasteiger partial charge is 0.352 e. The molecule has 1 aliphatic carbocycles. The topological polar surface area (TPSA) is 45.5 Å². The fraction of sp³-hybridized carbons (Fsp3) is 0.500. The smallest absolute Gasteiger partial charge is 0.193 e. The first-order valence-electron chi connectivity index (χ1n) is 9.38. The molecule has 0 amide bonds. The molecular weight excluding hydrogens is 437 g/mol. The summed E-state index contributed by atoms with van der Waals surface area (Å²) in [6, 6.07) is 10.5. The molecular formula is C20H28IN5. The van der Waals surface area contributed by atoms with Crippen LogP contribution in [-0.2, 0) is 6.54 Å². The average Bonchev–Trinajstić information content (AvgIpc) is 3.32. The third-order valence-corrected chi connectivity index (χ3v) is 5.64. The van der Waals surface area contributed by atoms with Gasteiger partial charge >= 0.3 is 0 Å². The van der Waals surface area contributed by atoms with E-state index in [0.29, 0.717) is 0 Å². The summed E-state index contributed by atoms with van der Waals surface area (Å²) in [5.41, 5.74) is 2.34. The molecule has 1 N–H and O–H groups in total. The van der Waals surface area contributed by atoms with Gasteiger partial charge in [-0.2, -0.15) is 5.10 Å². The molecule has 140 valence electrons. The van der Waals surface area contributed by atoms with Crippen LogP contribution in [-0.4, -0.2) is 40.8 Å². The second kappa shape index (κ2) is 8.88. The predicted octanol–water partition coefficient (Wildman–Crippen LogP) is 3.69. The van der Waals surface area contributed by atoms with Crippen molar-refractivity contribution in [1.82, 2.24) is 20.0 Å². The Hall–Kier alpha value is -1.57. The fourth-order valence-corrected chi connectivity index (χ4v) is 4.28. The summed E-state index contributed by atoms with van der Waals surface area (Å²) in [4.78, 5) is 6.98. The fourth-order valence-electron chi connectivity index (χ4n) is 4.28. The van der Waals surface area contributed by atoms with Crippen LogP contribution in [0, 0.1) is 11.8 Å². The van der Waals surface area contributed by atoms with E-state index < -0.39 is 0 Å². The van der Waals surface area contributed by atoms with Crippen molar-refractivity contribution >= 4 is 29.9 Å². The van der Waals surface area contributed by atoms with Crippen LogP contribution in [0.15, 0.2) is 47.7 Å². The number of aliphatic imine (C=N–C) groups is 1. The van der Waals surface area contributed by atoms with Crippen molar-refractivity contribution in [3.05, 3.63) is 48.3 Å². The number of rotatable bonds is 3. The van der Waals surface area contributed by atoms with E-state index >= 15 is 0 Å². The normalized spacial score (nSPS) is 22.7. The van der Waals surface area contributed by atoms with E-state index in [4.69, 9.17) is 0 Å². The van der Waals surface area contributed by atoms with Crippen molar-refractivity contribution in [3.8, 4) is 5.69 Å². The van der Waals surface area contributed by atoms with E-state index in [9.17, 15) is 0 Å². The van der Waals surface area contributed by atoms with E-state index in [-0.39, 0.29) is 24.0 Å². The Kier molecular flexibility index (Phi) is 6.56. The highest BCUT2D eigenvalue weighted by atomic mass is 127. The van der Waals surface area contributed by atoms with Gasteiger partial charge in [-0.1, -0.05) is 25.0 Å². The minimum Gasteiger partial charge on any atom is -0.352 e. The molecule has 2 unspecified atom stereocenters. The quantitative estimate of drug-likeness (QED) is 0.428. The van der Waals surface area contributed by atoms with Crippen LogP contribution in [0.4, 0.5) is 0 Å². The van der Waals surface area contributed by atoms with Crippen molar-refractivity contribution in [2.24, 2.45) is 16.8 Å². The van der Waals surface area contributed by atoms with Crippen molar-refractivity contribution in [2.75, 3.05) is 20.1 Å². The third-order valence-electron chi connectivity index (χ3n) is 5.64. The second-order valence-corrected chi connectivity index (χ2v) is 7.23. The maximum absolute atomic E-state index is 4.52. The van der Waals surface area contributed by atoms with Gasteiger partial charge in [0.25, 0.3) is 0 Å². The van der Waals surface area contributed by atoms with Gasteiger partial charge in [-0.3, -0.25) is 4.99 Å². The molecule has 2 aromatic rings. The molecule has 6 heteroatoms. The maximum atomic E-state index is 4.52. The SMILES string of the molecule is CN=C(NCc1ccc(-n2cccn2)cc1)N1CC2CCCCC2C1.I. The van der Waals surface area contributed by atoms with E-state index in [0.717, 1.165) is 30.0 Å². The molecule has 2 fully saturated rings. The number of nitrogens with one attached hydrogen (secondary N) is 1. The van der Waals surface area contributed by atoms with Gasteiger partial charge < -0.3 is 10.2 Å². The van der Waals surface area contributed by atoms with Crippen molar-refractivity contribution in [1.29, 1.82) is 0 Å². The van der Waals surface area contributed by atoms with Crippen molar-refractivity contribution in [3.63, 3.8) is 0 Å². The zero-order chi connectivity index (χ0) is 17.1. The van der Waals surface area contributed by atoms with Crippen LogP contribution in [0.5, 0.6) is 0 Å². The number of guanidine groups is 1. The van der Waals surface area contributed by atoms with Crippen LogP contribution in [0.25, 0.3) is 5.69 Å². The van der Waals surface area contributed by atoms with Gasteiger partial charge in [-0.05, 0) is 48.4 Å². The lowest BCUT2D eigenvalue weighted by molar-refractivity contribution is 0.299. The van der Waals surface area contributed by atoms with E-state index in [1.807, 2.05) is 24.0 Å². The highest BCUT2D eigenvalue weighted by Crippen LogP contribution is 2.35. The summed E-state index contributed by atoms with van der Waals surface area (Å²) in [6.07, 6.45) is 9.36. The summed E-state index contributed by atoms with van der Waals surface area (Å²) in [5, 5.41) is 7.81. The monoisotopic (exact) mass is 465 g/mol. The lowest BCUT2D eigenvalue weighted by atomic mass is 9.82. The van der Waals surface area contributed by atoms with E-state index in [1.54, 1.807) is 6.20 Å². The molecule has 2 aliphatic rings. The van der Waals surface area contributed by atoms with Crippen molar-refractivity contribution in [2.45, 2.75) is 32.2 Å². The Morgan fingerprint density at radius 3 is 2.42 bits per heavy atom. The van der Waals surface area contributed by atoms with Gasteiger partial charge in [0.15, 0.2) is 5.96 Å². The Morgan fingerprint density at radius 1 is 1.15 bits per heavy atom. The third kappa shape index (κ3) is 4.22. The summed E-state index contributed by atoms with van der Waals surface area (Å²) in [6.45, 7) is 3.14. The summed E-state index contributed by atoms with van der Waals surface area (Å²) >= 11 is 0. The Labute approximate surface area is 172 Å². The summed E-state index contributed by atoms with van der Waals surface area (Å²) in [7, 11) is 1.89. The number of hydrogen-bond donors (Lipinski definition) is 1. The number of halogens is 1. The zero-order valence-corrected chi connectivity index (χ0v) is 17.7.